The zero-order chi connectivity index (χ0) is 16.8. The number of benzene rings is 1. The normalized spacial score (nSPS) is 15.9. The molecule has 1 aromatic carbocycles. The van der Waals surface area contributed by atoms with Crippen molar-refractivity contribution >= 4 is 5.97 Å². The number of methoxy groups -OCH3 is 1. The Bertz CT molecular complexity index is 469. The Morgan fingerprint density at radius 3 is 2.27 bits per heavy atom. The van der Waals surface area contributed by atoms with E-state index in [-0.39, 0.29) is 12.6 Å². The van der Waals surface area contributed by atoms with Crippen molar-refractivity contribution in [2.75, 3.05) is 20.3 Å². The highest BCUT2D eigenvalue weighted by Gasteiger charge is 2.38. The van der Waals surface area contributed by atoms with Crippen LogP contribution in [0.3, 0.4) is 0 Å². The summed E-state index contributed by atoms with van der Waals surface area (Å²) in [6, 6.07) is 9.43. The minimum atomic E-state index is -1.20. The molecule has 0 aromatic heterocycles. The van der Waals surface area contributed by atoms with Gasteiger partial charge in [-0.3, -0.25) is 5.32 Å². The summed E-state index contributed by atoms with van der Waals surface area (Å²) in [6.07, 6.45) is 0. The number of carbonyl (C=O) groups is 1. The van der Waals surface area contributed by atoms with Gasteiger partial charge in [0.05, 0.1) is 19.3 Å². The van der Waals surface area contributed by atoms with Crippen molar-refractivity contribution in [3.63, 3.8) is 0 Å². The lowest BCUT2D eigenvalue weighted by atomic mass is 9.98. The molecule has 0 aliphatic carbocycles. The van der Waals surface area contributed by atoms with Crippen molar-refractivity contribution in [2.45, 2.75) is 44.9 Å². The second kappa shape index (κ2) is 7.72. The molecule has 2 atom stereocenters. The number of nitrogens with one attached hydrogen (secondary N) is 1. The largest absolute Gasteiger partial charge is 0.459 e. The first-order chi connectivity index (χ1) is 10.2. The zero-order valence-corrected chi connectivity index (χ0v) is 14.1. The first-order valence-electron chi connectivity index (χ1n) is 7.38. The predicted molar refractivity (Wildman–Crippen MR) is 85.5 cm³/mol. The Morgan fingerprint density at radius 2 is 1.82 bits per heavy atom. The smallest absolute Gasteiger partial charge is 0.328 e. The van der Waals surface area contributed by atoms with Crippen LogP contribution in [0.2, 0.25) is 0 Å². The van der Waals surface area contributed by atoms with Crippen LogP contribution in [0.1, 0.15) is 39.3 Å². The van der Waals surface area contributed by atoms with E-state index in [1.807, 2.05) is 30.3 Å². The molecule has 0 fully saturated rings. The van der Waals surface area contributed by atoms with Gasteiger partial charge >= 0.3 is 5.97 Å². The van der Waals surface area contributed by atoms with Gasteiger partial charge in [-0.1, -0.05) is 30.3 Å². The monoisotopic (exact) mass is 309 g/mol. The van der Waals surface area contributed by atoms with E-state index in [4.69, 9.17) is 9.47 Å². The maximum absolute atomic E-state index is 12.4. The van der Waals surface area contributed by atoms with Crippen LogP contribution in [0.25, 0.3) is 0 Å². The first kappa shape index (κ1) is 18.6. The SMILES string of the molecule is COC[C@H](N[C@](C)(CO)C(=O)OC(C)(C)C)c1ccccc1. The molecule has 0 aliphatic rings. The van der Waals surface area contributed by atoms with E-state index in [0.29, 0.717) is 6.61 Å². The van der Waals surface area contributed by atoms with Gasteiger partial charge in [-0.05, 0) is 33.3 Å². The van der Waals surface area contributed by atoms with Gasteiger partial charge in [0, 0.05) is 7.11 Å². The fraction of sp³-hybridized carbons (Fsp3) is 0.588. The average Bonchev–Trinajstić information content (AvgIpc) is 2.45. The van der Waals surface area contributed by atoms with Crippen LogP contribution in [0.5, 0.6) is 0 Å². The minimum Gasteiger partial charge on any atom is -0.459 e. The van der Waals surface area contributed by atoms with Crippen LogP contribution in [-0.4, -0.2) is 42.5 Å². The van der Waals surface area contributed by atoms with Gasteiger partial charge in [-0.15, -0.1) is 0 Å². The fourth-order valence-electron chi connectivity index (χ4n) is 2.02. The van der Waals surface area contributed by atoms with Crippen LogP contribution < -0.4 is 5.32 Å². The van der Waals surface area contributed by atoms with E-state index >= 15 is 0 Å². The third-order valence-electron chi connectivity index (χ3n) is 3.19. The summed E-state index contributed by atoms with van der Waals surface area (Å²) >= 11 is 0. The summed E-state index contributed by atoms with van der Waals surface area (Å²) in [5.74, 6) is -0.487. The highest BCUT2D eigenvalue weighted by molar-refractivity contribution is 5.81. The number of carbonyl (C=O) groups excluding carboxylic acids is 1. The van der Waals surface area contributed by atoms with E-state index < -0.39 is 17.1 Å². The topological polar surface area (TPSA) is 67.8 Å². The van der Waals surface area contributed by atoms with E-state index in [1.54, 1.807) is 34.8 Å². The van der Waals surface area contributed by atoms with Crippen LogP contribution >= 0.6 is 0 Å². The Hall–Kier alpha value is -1.43. The zero-order valence-electron chi connectivity index (χ0n) is 14.1. The van der Waals surface area contributed by atoms with Gasteiger partial charge in [0.2, 0.25) is 0 Å². The third-order valence-corrected chi connectivity index (χ3v) is 3.19. The van der Waals surface area contributed by atoms with E-state index in [0.717, 1.165) is 5.56 Å². The molecule has 22 heavy (non-hydrogen) atoms. The van der Waals surface area contributed by atoms with Crippen molar-refractivity contribution in [3.05, 3.63) is 35.9 Å². The van der Waals surface area contributed by atoms with Gasteiger partial charge in [0.1, 0.15) is 11.1 Å². The van der Waals surface area contributed by atoms with E-state index in [2.05, 4.69) is 5.32 Å². The summed E-state index contributed by atoms with van der Waals surface area (Å²) in [5, 5.41) is 12.9. The number of aliphatic hydroxyl groups excluding tert-OH is 1. The number of hydrogen-bond donors (Lipinski definition) is 2. The molecule has 0 saturated heterocycles. The Labute approximate surface area is 132 Å². The molecule has 0 saturated carbocycles. The summed E-state index contributed by atoms with van der Waals surface area (Å²) < 4.78 is 10.6. The number of esters is 1. The van der Waals surface area contributed by atoms with Crippen molar-refractivity contribution in [1.82, 2.24) is 5.32 Å². The molecule has 1 rings (SSSR count). The second-order valence-electron chi connectivity index (χ2n) is 6.56. The van der Waals surface area contributed by atoms with Gasteiger partial charge in [0.15, 0.2) is 0 Å². The molecule has 0 amide bonds. The molecule has 0 heterocycles. The molecular formula is C17H27NO4. The molecule has 0 radical (unpaired) electrons. The lowest BCUT2D eigenvalue weighted by Gasteiger charge is -2.34. The van der Waals surface area contributed by atoms with Crippen molar-refractivity contribution in [3.8, 4) is 0 Å². The van der Waals surface area contributed by atoms with Crippen molar-refractivity contribution in [1.29, 1.82) is 0 Å². The summed E-state index contributed by atoms with van der Waals surface area (Å²) in [7, 11) is 1.60. The summed E-state index contributed by atoms with van der Waals surface area (Å²) in [4.78, 5) is 12.4. The van der Waals surface area contributed by atoms with Crippen molar-refractivity contribution in [2.24, 2.45) is 0 Å². The lowest BCUT2D eigenvalue weighted by molar-refractivity contribution is -0.165. The molecule has 0 bridgehead atoms. The van der Waals surface area contributed by atoms with Gasteiger partial charge in [0.25, 0.3) is 0 Å². The standard InChI is InChI=1S/C17H27NO4/c1-16(2,3)22-15(20)17(4,12-19)18-14(11-21-5)13-9-7-6-8-10-13/h6-10,14,18-19H,11-12H2,1-5H3/t14-,17+/m0/s1. The summed E-state index contributed by atoms with van der Waals surface area (Å²) in [5.41, 5.74) is -0.835. The van der Waals surface area contributed by atoms with Gasteiger partial charge < -0.3 is 14.6 Å². The lowest BCUT2D eigenvalue weighted by Crippen LogP contribution is -2.56. The van der Waals surface area contributed by atoms with Crippen LogP contribution in [-0.2, 0) is 14.3 Å². The first-order valence-corrected chi connectivity index (χ1v) is 7.38. The quantitative estimate of drug-likeness (QED) is 0.755. The molecule has 124 valence electrons. The number of aliphatic hydroxyl groups is 1. The highest BCUT2D eigenvalue weighted by Crippen LogP contribution is 2.20. The number of rotatable bonds is 7. The Morgan fingerprint density at radius 1 is 1.23 bits per heavy atom. The number of ether oxygens (including phenoxy) is 2. The average molecular weight is 309 g/mol. The Kier molecular flexibility index (Phi) is 6.53. The second-order valence-corrected chi connectivity index (χ2v) is 6.56. The third kappa shape index (κ3) is 5.40. The molecule has 5 heteroatoms. The molecule has 1 aromatic rings. The molecule has 0 aliphatic heterocycles. The maximum Gasteiger partial charge on any atom is 0.328 e. The van der Waals surface area contributed by atoms with E-state index in [1.165, 1.54) is 0 Å². The molecule has 0 unspecified atom stereocenters. The molecular weight excluding hydrogens is 282 g/mol. The number of hydrogen-bond acceptors (Lipinski definition) is 5. The highest BCUT2D eigenvalue weighted by atomic mass is 16.6. The van der Waals surface area contributed by atoms with Crippen LogP contribution in [0.4, 0.5) is 0 Å². The maximum atomic E-state index is 12.4. The molecule has 5 nitrogen and oxygen atoms in total. The predicted octanol–water partition coefficient (Wildman–Crippen LogP) is 2.06. The van der Waals surface area contributed by atoms with Crippen LogP contribution in [0, 0.1) is 0 Å². The molecule has 0 spiro atoms. The van der Waals surface area contributed by atoms with E-state index in [9.17, 15) is 9.90 Å². The van der Waals surface area contributed by atoms with Gasteiger partial charge in [-0.25, -0.2) is 4.79 Å². The Balaban J connectivity index is 2.94. The minimum absolute atomic E-state index is 0.226. The van der Waals surface area contributed by atoms with Gasteiger partial charge in [-0.2, -0.15) is 0 Å². The fourth-order valence-corrected chi connectivity index (χ4v) is 2.02. The van der Waals surface area contributed by atoms with Crippen LogP contribution in [0.15, 0.2) is 30.3 Å². The summed E-state index contributed by atoms with van der Waals surface area (Å²) in [6.45, 7) is 7.04. The molecule has 2 N–H and O–H groups in total. The van der Waals surface area contributed by atoms with Crippen molar-refractivity contribution < 1.29 is 19.4 Å².